The number of rotatable bonds is 5. The summed E-state index contributed by atoms with van der Waals surface area (Å²) in [5.41, 5.74) is 8.58. The molecule has 12 aromatic rings. The number of fused-ring (bicyclic) bond motifs is 9. The zero-order valence-corrected chi connectivity index (χ0v) is 31.2. The van der Waals surface area contributed by atoms with Crippen LogP contribution in [0.1, 0.15) is 9.60 Å². The predicted molar refractivity (Wildman–Crippen MR) is 244 cm³/mol. The maximum Gasteiger partial charge on any atom is 0.0645 e. The van der Waals surface area contributed by atoms with Gasteiger partial charge >= 0.3 is 0 Å². The Kier molecular flexibility index (Phi) is 5.74. The lowest BCUT2D eigenvalue weighted by molar-refractivity contribution is 1.18. The number of hydrogen-bond donors (Lipinski definition) is 0. The highest BCUT2D eigenvalue weighted by molar-refractivity contribution is 7.25. The van der Waals surface area contributed by atoms with E-state index in [-0.39, 0.29) is 57.6 Å². The van der Waals surface area contributed by atoms with E-state index in [1.165, 1.54) is 14.8 Å². The Bertz CT molecular complexity index is 3930. The molecular weight excluding hydrogens is 709 g/mol. The van der Waals surface area contributed by atoms with Gasteiger partial charge in [0.25, 0.3) is 0 Å². The van der Waals surface area contributed by atoms with E-state index in [0.29, 0.717) is 11.3 Å². The van der Waals surface area contributed by atoms with Crippen molar-refractivity contribution in [3.63, 3.8) is 0 Å². The lowest BCUT2D eigenvalue weighted by Gasteiger charge is -2.11. The van der Waals surface area contributed by atoms with Crippen molar-refractivity contribution in [3.8, 4) is 44.8 Å². The molecule has 0 aliphatic carbocycles. The van der Waals surface area contributed by atoms with Gasteiger partial charge in [-0.2, -0.15) is 0 Å². The monoisotopic (exact) mass is 749 g/mol. The third kappa shape index (κ3) is 4.96. The van der Waals surface area contributed by atoms with Gasteiger partial charge in [-0.15, -0.1) is 11.3 Å². The highest BCUT2D eigenvalue weighted by Crippen LogP contribution is 2.44. The summed E-state index contributed by atoms with van der Waals surface area (Å²) in [5.74, 6) is 0. The Morgan fingerprint density at radius 2 is 1.11 bits per heavy atom. The van der Waals surface area contributed by atoms with Crippen LogP contribution >= 0.6 is 11.3 Å². The van der Waals surface area contributed by atoms with Gasteiger partial charge in [0, 0.05) is 47.4 Å². The second-order valence-electron chi connectivity index (χ2n) is 14.3. The molecule has 3 heteroatoms. The first-order valence-corrected chi connectivity index (χ1v) is 19.8. The average molecular weight is 750 g/mol. The van der Waals surface area contributed by atoms with Crippen LogP contribution in [0.5, 0.6) is 0 Å². The van der Waals surface area contributed by atoms with Gasteiger partial charge in [0.1, 0.15) is 0 Å². The number of aromatic nitrogens is 2. The summed E-state index contributed by atoms with van der Waals surface area (Å²) >= 11 is 1.77. The van der Waals surface area contributed by atoms with Crippen molar-refractivity contribution in [3.05, 3.63) is 206 Å². The van der Waals surface area contributed by atoms with Crippen LogP contribution in [0.15, 0.2) is 206 Å². The summed E-state index contributed by atoms with van der Waals surface area (Å²) in [6.45, 7) is 0. The molecule has 0 saturated carbocycles. The predicted octanol–water partition coefficient (Wildman–Crippen LogP) is 15.2. The zero-order valence-electron chi connectivity index (χ0n) is 37.4. The Morgan fingerprint density at radius 1 is 0.386 bits per heavy atom. The zero-order chi connectivity index (χ0) is 43.5. The van der Waals surface area contributed by atoms with Crippen molar-refractivity contribution in [2.45, 2.75) is 0 Å². The van der Waals surface area contributed by atoms with E-state index >= 15 is 0 Å². The summed E-state index contributed by atoms with van der Waals surface area (Å²) in [5, 5.41) is 4.62. The molecule has 0 fully saturated rings. The first kappa shape index (κ1) is 25.8. The van der Waals surface area contributed by atoms with E-state index < -0.39 is 12.1 Å². The molecule has 3 heterocycles. The molecule has 9 aromatic carbocycles. The summed E-state index contributed by atoms with van der Waals surface area (Å²) in [6, 6.07) is 53.1. The highest BCUT2D eigenvalue weighted by atomic mass is 32.1. The van der Waals surface area contributed by atoms with Crippen molar-refractivity contribution in [2.24, 2.45) is 0 Å². The van der Waals surface area contributed by atoms with Crippen LogP contribution in [0.3, 0.4) is 0 Å². The van der Waals surface area contributed by atoms with E-state index in [1.54, 1.807) is 15.9 Å². The summed E-state index contributed by atoms with van der Waals surface area (Å²) in [7, 11) is 0. The third-order valence-electron chi connectivity index (χ3n) is 11.2. The molecule has 266 valence electrons. The van der Waals surface area contributed by atoms with E-state index in [4.69, 9.17) is 2.74 Å². The second-order valence-corrected chi connectivity index (χ2v) is 15.4. The Labute approximate surface area is 343 Å². The fourth-order valence-corrected chi connectivity index (χ4v) is 9.79. The number of thiophene rings is 1. The van der Waals surface area contributed by atoms with Crippen LogP contribution in [-0.2, 0) is 0 Å². The van der Waals surface area contributed by atoms with Crippen LogP contribution < -0.4 is 0 Å². The second kappa shape index (κ2) is 12.7. The molecule has 2 nitrogen and oxygen atoms in total. The smallest absolute Gasteiger partial charge is 0.0645 e. The maximum absolute atomic E-state index is 10.0. The van der Waals surface area contributed by atoms with Crippen molar-refractivity contribution in [1.29, 1.82) is 0 Å². The number of hydrogen-bond acceptors (Lipinski definition) is 1. The molecule has 0 radical (unpaired) electrons. The molecule has 3 aromatic heterocycles. The van der Waals surface area contributed by atoms with Gasteiger partial charge in [-0.05, 0) is 100 Å². The number of para-hydroxylation sites is 1. The summed E-state index contributed by atoms with van der Waals surface area (Å²) in [4.78, 5) is 0. The average Bonchev–Trinajstić information content (AvgIpc) is 4.01. The van der Waals surface area contributed by atoms with Gasteiger partial charge in [-0.1, -0.05) is 139 Å². The van der Waals surface area contributed by atoms with Crippen LogP contribution in [-0.4, -0.2) is 9.13 Å². The number of nitrogens with zero attached hydrogens (tertiary/aromatic N) is 2. The highest BCUT2D eigenvalue weighted by Gasteiger charge is 2.21. The quantitative estimate of drug-likeness (QED) is 0.166. The Hall–Kier alpha value is -7.20. The van der Waals surface area contributed by atoms with Gasteiger partial charge in [0.05, 0.1) is 37.3 Å². The minimum Gasteiger partial charge on any atom is -0.309 e. The Morgan fingerprint density at radius 3 is 2.00 bits per heavy atom. The fraction of sp³-hybridized carbons (Fsp3) is 0. The van der Waals surface area contributed by atoms with Crippen LogP contribution in [0.2, 0.25) is 0 Å². The van der Waals surface area contributed by atoms with Gasteiger partial charge in [-0.3, -0.25) is 0 Å². The molecule has 0 aliphatic heterocycles. The van der Waals surface area contributed by atoms with Gasteiger partial charge in [0.15, 0.2) is 0 Å². The molecule has 0 unspecified atom stereocenters. The topological polar surface area (TPSA) is 9.86 Å². The van der Waals surface area contributed by atoms with Crippen molar-refractivity contribution < 1.29 is 9.60 Å². The van der Waals surface area contributed by atoms with Crippen LogP contribution in [0.4, 0.5) is 0 Å². The normalized spacial score (nSPS) is 13.6. The molecule has 12 rings (SSSR count). The fourth-order valence-electron chi connectivity index (χ4n) is 8.66. The van der Waals surface area contributed by atoms with Crippen LogP contribution in [0.25, 0.3) is 109 Å². The standard InChI is InChI=1S/C54H34N2S/c1-3-14-35(15-4-1)37-18-11-19-40(32-37)55-46-23-9-7-20-42(46)44-33-38(28-30-47(44)55)39-29-31-48-45(34-39)53-41(36-16-5-2-6-17-36)22-12-24-49(53)56(48)50-25-13-27-52-54(50)43-21-8-10-26-51(43)57-52/h1-34H/i7D,9D,20D,23D,28D,30D,33D. The first-order valence-electron chi connectivity index (χ1n) is 22.4. The lowest BCUT2D eigenvalue weighted by Crippen LogP contribution is -1.95. The summed E-state index contributed by atoms with van der Waals surface area (Å²) in [6.07, 6.45) is 0. The molecule has 57 heavy (non-hydrogen) atoms. The molecule has 0 aliphatic rings. The third-order valence-corrected chi connectivity index (χ3v) is 12.3. The molecular formula is C54H34N2S. The van der Waals surface area contributed by atoms with Gasteiger partial charge in [-0.25, -0.2) is 0 Å². The molecule has 0 N–H and O–H groups in total. The minimum atomic E-state index is -0.423. The first-order chi connectivity index (χ1) is 31.2. The van der Waals surface area contributed by atoms with Crippen LogP contribution in [0, 0.1) is 0 Å². The van der Waals surface area contributed by atoms with E-state index in [9.17, 15) is 6.85 Å². The van der Waals surface area contributed by atoms with E-state index in [1.807, 2.05) is 91.0 Å². The maximum atomic E-state index is 10.0. The van der Waals surface area contributed by atoms with Gasteiger partial charge < -0.3 is 9.13 Å². The van der Waals surface area contributed by atoms with Crippen molar-refractivity contribution >= 4 is 75.1 Å². The molecule has 0 amide bonds. The van der Waals surface area contributed by atoms with Crippen molar-refractivity contribution in [2.75, 3.05) is 0 Å². The Balaban J connectivity index is 1.18. The van der Waals surface area contributed by atoms with Gasteiger partial charge in [0.2, 0.25) is 0 Å². The largest absolute Gasteiger partial charge is 0.309 e. The van der Waals surface area contributed by atoms with E-state index in [0.717, 1.165) is 55.1 Å². The lowest BCUT2D eigenvalue weighted by atomic mass is 9.97. The van der Waals surface area contributed by atoms with E-state index in [2.05, 4.69) is 77.4 Å². The SMILES string of the molecule is [2H]c1c([2H])c([2H])c2c(c1[2H])c1c([2H])c(-c3ccc4c(c3)c3c(-c5ccccc5)cccc3n4-c3cccc4sc5ccccc5c34)c([2H])c([2H])c1n2-c1cccc(-c2ccccc2)c1. The molecule has 0 atom stereocenters. The summed E-state index contributed by atoms with van der Waals surface area (Å²) < 4.78 is 71.7. The molecule has 0 saturated heterocycles. The minimum absolute atomic E-state index is 0.0788. The molecule has 0 bridgehead atoms. The number of benzene rings is 9. The molecule has 0 spiro atoms. The van der Waals surface area contributed by atoms with Crippen molar-refractivity contribution in [1.82, 2.24) is 9.13 Å².